The Morgan fingerprint density at radius 1 is 0.912 bits per heavy atom. The molecule has 0 spiro atoms. The van der Waals surface area contributed by atoms with Gasteiger partial charge in [-0.3, -0.25) is 25.0 Å². The van der Waals surface area contributed by atoms with E-state index in [2.05, 4.69) is 21.0 Å². The average Bonchev–Trinajstić information content (AvgIpc) is 3.25. The van der Waals surface area contributed by atoms with Crippen LogP contribution in [-0.2, 0) is 11.3 Å². The Hall–Kier alpha value is -3.69. The Bertz CT molecular complexity index is 1280. The minimum absolute atomic E-state index is 0.00274. The van der Waals surface area contributed by atoms with Crippen molar-refractivity contribution in [3.05, 3.63) is 101 Å². The molecule has 34 heavy (non-hydrogen) atoms. The monoisotopic (exact) mass is 495 g/mol. The minimum Gasteiger partial charge on any atom is -0.298 e. The Labute approximate surface area is 204 Å². The molecule has 4 rings (SSSR count). The van der Waals surface area contributed by atoms with Crippen molar-refractivity contribution < 1.29 is 14.0 Å². The molecule has 10 heteroatoms. The maximum atomic E-state index is 13.0. The van der Waals surface area contributed by atoms with Crippen LogP contribution in [0.15, 0.2) is 84.0 Å². The van der Waals surface area contributed by atoms with Crippen LogP contribution in [0.5, 0.6) is 0 Å². The van der Waals surface area contributed by atoms with E-state index in [0.29, 0.717) is 22.5 Å². The van der Waals surface area contributed by atoms with Crippen LogP contribution < -0.4 is 10.9 Å². The highest BCUT2D eigenvalue weighted by molar-refractivity contribution is 7.99. The summed E-state index contributed by atoms with van der Waals surface area (Å²) in [6.45, 7) is 0.511. The molecule has 0 atom stereocenters. The van der Waals surface area contributed by atoms with E-state index >= 15 is 0 Å². The zero-order chi connectivity index (χ0) is 23.9. The quantitative estimate of drug-likeness (QED) is 0.294. The number of benzene rings is 3. The number of thioether (sulfide) groups is 1. The topological polar surface area (TPSA) is 88.9 Å². The van der Waals surface area contributed by atoms with Gasteiger partial charge in [0.15, 0.2) is 11.0 Å². The van der Waals surface area contributed by atoms with Crippen molar-refractivity contribution in [2.75, 3.05) is 5.75 Å². The average molecular weight is 496 g/mol. The molecule has 1 heterocycles. The van der Waals surface area contributed by atoms with Crippen LogP contribution in [0.4, 0.5) is 4.39 Å². The van der Waals surface area contributed by atoms with Gasteiger partial charge >= 0.3 is 0 Å². The summed E-state index contributed by atoms with van der Waals surface area (Å²) >= 11 is 7.21. The number of halogens is 2. The summed E-state index contributed by atoms with van der Waals surface area (Å²) in [5.74, 6) is -0.780. The van der Waals surface area contributed by atoms with Crippen LogP contribution in [0.3, 0.4) is 0 Å². The summed E-state index contributed by atoms with van der Waals surface area (Å²) in [6.07, 6.45) is 0. The number of hydrazine groups is 1. The molecular formula is C24H19ClFN5O2S. The summed E-state index contributed by atoms with van der Waals surface area (Å²) in [5, 5.41) is 9.77. The lowest BCUT2D eigenvalue weighted by molar-refractivity contribution is -0.119. The first-order chi connectivity index (χ1) is 16.5. The van der Waals surface area contributed by atoms with Crippen LogP contribution in [0.1, 0.15) is 15.9 Å². The third-order valence-electron chi connectivity index (χ3n) is 4.76. The van der Waals surface area contributed by atoms with Crippen molar-refractivity contribution in [2.24, 2.45) is 0 Å². The number of amides is 2. The lowest BCUT2D eigenvalue weighted by Gasteiger charge is -2.11. The fraction of sp³-hybridized carbons (Fsp3) is 0.0833. The Kier molecular flexibility index (Phi) is 7.56. The van der Waals surface area contributed by atoms with Gasteiger partial charge in [-0.25, -0.2) is 4.39 Å². The van der Waals surface area contributed by atoms with Crippen molar-refractivity contribution in [3.8, 4) is 11.4 Å². The van der Waals surface area contributed by atoms with E-state index in [4.69, 9.17) is 11.6 Å². The zero-order valence-electron chi connectivity index (χ0n) is 17.7. The van der Waals surface area contributed by atoms with Crippen LogP contribution in [-0.4, -0.2) is 32.3 Å². The third kappa shape index (κ3) is 6.00. The van der Waals surface area contributed by atoms with Gasteiger partial charge in [-0.1, -0.05) is 53.7 Å². The van der Waals surface area contributed by atoms with Crippen molar-refractivity contribution in [1.29, 1.82) is 0 Å². The van der Waals surface area contributed by atoms with Gasteiger partial charge in [-0.15, -0.1) is 10.2 Å². The fourth-order valence-corrected chi connectivity index (χ4v) is 3.95. The van der Waals surface area contributed by atoms with Gasteiger partial charge in [0.1, 0.15) is 5.82 Å². The SMILES string of the molecule is O=C(CSc1nnc(-c2ccc(Cl)cc2)n1Cc1ccccc1)NNC(=O)c1ccc(F)cc1. The number of hydrogen-bond donors (Lipinski definition) is 2. The summed E-state index contributed by atoms with van der Waals surface area (Å²) in [4.78, 5) is 24.4. The van der Waals surface area contributed by atoms with Gasteiger partial charge in [-0.2, -0.15) is 0 Å². The number of aromatic nitrogens is 3. The number of carbonyl (C=O) groups is 2. The second-order valence-electron chi connectivity index (χ2n) is 7.18. The molecule has 172 valence electrons. The second-order valence-corrected chi connectivity index (χ2v) is 8.56. The standard InChI is InChI=1S/C24H19ClFN5O2S/c25-19-10-6-17(7-11-19)22-28-30-24(31(22)14-16-4-2-1-3-5-16)34-15-21(32)27-29-23(33)18-8-12-20(26)13-9-18/h1-13H,14-15H2,(H,27,32)(H,29,33). The maximum Gasteiger partial charge on any atom is 0.269 e. The van der Waals surface area contributed by atoms with Gasteiger partial charge in [0.25, 0.3) is 5.91 Å². The first-order valence-electron chi connectivity index (χ1n) is 10.2. The molecule has 7 nitrogen and oxygen atoms in total. The summed E-state index contributed by atoms with van der Waals surface area (Å²) < 4.78 is 14.9. The van der Waals surface area contributed by atoms with Crippen LogP contribution in [0, 0.1) is 5.82 Å². The van der Waals surface area contributed by atoms with Crippen molar-refractivity contribution in [3.63, 3.8) is 0 Å². The van der Waals surface area contributed by atoms with E-state index in [-0.39, 0.29) is 11.3 Å². The highest BCUT2D eigenvalue weighted by Gasteiger charge is 2.17. The van der Waals surface area contributed by atoms with E-state index in [1.165, 1.54) is 36.0 Å². The summed E-state index contributed by atoms with van der Waals surface area (Å²) in [7, 11) is 0. The first-order valence-corrected chi connectivity index (χ1v) is 11.6. The highest BCUT2D eigenvalue weighted by atomic mass is 35.5. The van der Waals surface area contributed by atoms with Gasteiger partial charge in [0.05, 0.1) is 12.3 Å². The molecule has 4 aromatic rings. The van der Waals surface area contributed by atoms with Crippen LogP contribution in [0.25, 0.3) is 11.4 Å². The number of nitrogens with zero attached hydrogens (tertiary/aromatic N) is 3. The fourth-order valence-electron chi connectivity index (χ4n) is 3.08. The van der Waals surface area contributed by atoms with Crippen LogP contribution in [0.2, 0.25) is 5.02 Å². The predicted molar refractivity (Wildman–Crippen MR) is 129 cm³/mol. The van der Waals surface area contributed by atoms with E-state index in [9.17, 15) is 14.0 Å². The van der Waals surface area contributed by atoms with Gasteiger partial charge in [-0.05, 0) is 54.1 Å². The highest BCUT2D eigenvalue weighted by Crippen LogP contribution is 2.26. The Balaban J connectivity index is 1.44. The first kappa shape index (κ1) is 23.5. The lowest BCUT2D eigenvalue weighted by atomic mass is 10.2. The number of hydrogen-bond acceptors (Lipinski definition) is 5. The molecule has 0 fully saturated rings. The van der Waals surface area contributed by atoms with Gasteiger partial charge < -0.3 is 0 Å². The third-order valence-corrected chi connectivity index (χ3v) is 5.98. The zero-order valence-corrected chi connectivity index (χ0v) is 19.3. The lowest BCUT2D eigenvalue weighted by Crippen LogP contribution is -2.42. The van der Waals surface area contributed by atoms with E-state index in [1.54, 1.807) is 12.1 Å². The van der Waals surface area contributed by atoms with Crippen LogP contribution >= 0.6 is 23.4 Å². The molecule has 0 aliphatic carbocycles. The molecule has 0 saturated heterocycles. The molecule has 0 aliphatic heterocycles. The molecule has 0 bridgehead atoms. The second kappa shape index (κ2) is 11.0. The molecule has 3 aromatic carbocycles. The van der Waals surface area contributed by atoms with Crippen molar-refractivity contribution >= 4 is 35.2 Å². The van der Waals surface area contributed by atoms with E-state index < -0.39 is 17.6 Å². The molecular weight excluding hydrogens is 477 g/mol. The number of rotatable bonds is 7. The largest absolute Gasteiger partial charge is 0.298 e. The van der Waals surface area contributed by atoms with Gasteiger partial charge in [0, 0.05) is 16.1 Å². The van der Waals surface area contributed by atoms with E-state index in [0.717, 1.165) is 11.1 Å². The molecule has 0 saturated carbocycles. The minimum atomic E-state index is -0.546. The molecule has 2 amide bonds. The smallest absolute Gasteiger partial charge is 0.269 e. The molecule has 2 N–H and O–H groups in total. The van der Waals surface area contributed by atoms with Crippen molar-refractivity contribution in [1.82, 2.24) is 25.6 Å². The predicted octanol–water partition coefficient (Wildman–Crippen LogP) is 4.34. The summed E-state index contributed by atoms with van der Waals surface area (Å²) in [5.41, 5.74) is 6.79. The van der Waals surface area contributed by atoms with Crippen molar-refractivity contribution in [2.45, 2.75) is 11.7 Å². The molecule has 0 radical (unpaired) electrons. The number of nitrogens with one attached hydrogen (secondary N) is 2. The Morgan fingerprint density at radius 2 is 1.62 bits per heavy atom. The molecule has 0 unspecified atom stereocenters. The molecule has 0 aliphatic rings. The Morgan fingerprint density at radius 3 is 2.32 bits per heavy atom. The normalized spacial score (nSPS) is 10.6. The number of carbonyl (C=O) groups excluding carboxylic acids is 2. The van der Waals surface area contributed by atoms with Gasteiger partial charge in [0.2, 0.25) is 5.91 Å². The maximum absolute atomic E-state index is 13.0. The summed E-state index contributed by atoms with van der Waals surface area (Å²) in [6, 6.07) is 22.1. The molecule has 1 aromatic heterocycles. The van der Waals surface area contributed by atoms with E-state index in [1.807, 2.05) is 47.0 Å².